The van der Waals surface area contributed by atoms with Crippen LogP contribution in [0.2, 0.25) is 0 Å². The first-order valence-corrected chi connectivity index (χ1v) is 15.0. The van der Waals surface area contributed by atoms with Crippen LogP contribution in [0.5, 0.6) is 0 Å². The van der Waals surface area contributed by atoms with Gasteiger partial charge in [0.25, 0.3) is 15.6 Å². The van der Waals surface area contributed by atoms with Crippen LogP contribution >= 0.6 is 23.1 Å². The summed E-state index contributed by atoms with van der Waals surface area (Å²) in [5.74, 6) is -0.389. The van der Waals surface area contributed by atoms with Crippen molar-refractivity contribution in [3.05, 3.63) is 94.1 Å². The molecular weight excluding hydrogens is 527 g/mol. The predicted molar refractivity (Wildman–Crippen MR) is 147 cm³/mol. The molecule has 1 N–H and O–H groups in total. The SMILES string of the molecule is O=C(CSc1nc2sccc2c(=O)n1-c1ccc(C2CC2)c2ccccc12)NS(=O)(=O)c1ccccc1. The van der Waals surface area contributed by atoms with Gasteiger partial charge in [-0.1, -0.05) is 60.3 Å². The molecule has 10 heteroatoms. The summed E-state index contributed by atoms with van der Waals surface area (Å²) < 4.78 is 28.8. The Labute approximate surface area is 221 Å². The van der Waals surface area contributed by atoms with Gasteiger partial charge in [0.15, 0.2) is 5.16 Å². The molecule has 1 fully saturated rings. The number of carbonyl (C=O) groups excluding carboxylic acids is 1. The minimum Gasteiger partial charge on any atom is -0.273 e. The van der Waals surface area contributed by atoms with Crippen LogP contribution in [0.4, 0.5) is 0 Å². The summed E-state index contributed by atoms with van der Waals surface area (Å²) in [5.41, 5.74) is 1.73. The van der Waals surface area contributed by atoms with E-state index in [9.17, 15) is 18.0 Å². The lowest BCUT2D eigenvalue weighted by molar-refractivity contribution is -0.116. The lowest BCUT2D eigenvalue weighted by Gasteiger charge is -2.16. The number of rotatable bonds is 7. The average molecular weight is 548 g/mol. The third-order valence-corrected chi connectivity index (χ3v) is 9.43. The molecule has 6 rings (SSSR count). The van der Waals surface area contributed by atoms with Crippen LogP contribution in [0.1, 0.15) is 24.3 Å². The van der Waals surface area contributed by atoms with Crippen molar-refractivity contribution in [1.29, 1.82) is 0 Å². The van der Waals surface area contributed by atoms with E-state index in [2.05, 4.69) is 16.9 Å². The number of nitrogens with zero attached hydrogens (tertiary/aromatic N) is 2. The van der Waals surface area contributed by atoms with Crippen molar-refractivity contribution in [2.75, 3.05) is 5.75 Å². The molecule has 0 radical (unpaired) electrons. The number of benzene rings is 3. The highest BCUT2D eigenvalue weighted by Crippen LogP contribution is 2.44. The summed E-state index contributed by atoms with van der Waals surface area (Å²) in [7, 11) is -4.00. The number of nitrogens with one attached hydrogen (secondary N) is 1. The molecule has 2 heterocycles. The molecule has 1 aliphatic rings. The first-order valence-electron chi connectivity index (χ1n) is 11.7. The molecule has 1 amide bonds. The van der Waals surface area contributed by atoms with E-state index in [1.54, 1.807) is 24.3 Å². The second-order valence-corrected chi connectivity index (χ2v) is 12.3. The minimum absolute atomic E-state index is 0.00520. The molecule has 0 bridgehead atoms. The molecule has 186 valence electrons. The summed E-state index contributed by atoms with van der Waals surface area (Å²) in [6.45, 7) is 0. The molecule has 5 aromatic rings. The third kappa shape index (κ3) is 4.56. The first-order chi connectivity index (χ1) is 17.9. The summed E-state index contributed by atoms with van der Waals surface area (Å²) in [6.07, 6.45) is 2.32. The van der Waals surface area contributed by atoms with E-state index >= 15 is 0 Å². The van der Waals surface area contributed by atoms with Gasteiger partial charge in [0, 0.05) is 5.39 Å². The monoisotopic (exact) mass is 547 g/mol. The Kier molecular flexibility index (Phi) is 6.10. The maximum absolute atomic E-state index is 13.7. The molecule has 1 aliphatic carbocycles. The van der Waals surface area contributed by atoms with Gasteiger partial charge in [0.1, 0.15) is 4.83 Å². The van der Waals surface area contributed by atoms with Crippen molar-refractivity contribution in [3.63, 3.8) is 0 Å². The smallest absolute Gasteiger partial charge is 0.267 e. The largest absolute Gasteiger partial charge is 0.273 e. The predicted octanol–water partition coefficient (Wildman–Crippen LogP) is 5.08. The Hall–Kier alpha value is -3.47. The van der Waals surface area contributed by atoms with Crippen LogP contribution in [-0.4, -0.2) is 29.6 Å². The van der Waals surface area contributed by atoms with Gasteiger partial charge >= 0.3 is 0 Å². The van der Waals surface area contributed by atoms with Crippen molar-refractivity contribution in [1.82, 2.24) is 14.3 Å². The van der Waals surface area contributed by atoms with E-state index in [1.165, 1.54) is 33.6 Å². The molecule has 2 aromatic heterocycles. The van der Waals surface area contributed by atoms with Gasteiger partial charge in [-0.3, -0.25) is 14.2 Å². The van der Waals surface area contributed by atoms with Crippen LogP contribution in [0.3, 0.4) is 0 Å². The zero-order chi connectivity index (χ0) is 25.6. The number of hydrogen-bond donors (Lipinski definition) is 1. The third-order valence-electron chi connectivity index (χ3n) is 6.29. The van der Waals surface area contributed by atoms with Gasteiger partial charge in [0.2, 0.25) is 5.91 Å². The fourth-order valence-electron chi connectivity index (χ4n) is 4.42. The van der Waals surface area contributed by atoms with E-state index in [0.29, 0.717) is 27.0 Å². The van der Waals surface area contributed by atoms with Crippen molar-refractivity contribution in [2.45, 2.75) is 28.8 Å². The lowest BCUT2D eigenvalue weighted by atomic mass is 9.99. The normalized spacial score (nSPS) is 13.7. The Morgan fingerprint density at radius 2 is 1.70 bits per heavy atom. The average Bonchev–Trinajstić information content (AvgIpc) is 3.64. The van der Waals surface area contributed by atoms with Crippen molar-refractivity contribution >= 4 is 60.0 Å². The van der Waals surface area contributed by atoms with E-state index in [4.69, 9.17) is 4.98 Å². The van der Waals surface area contributed by atoms with Crippen molar-refractivity contribution in [3.8, 4) is 5.69 Å². The second-order valence-electron chi connectivity index (χ2n) is 8.80. The minimum atomic E-state index is -4.00. The number of sulfonamides is 1. The molecule has 0 atom stereocenters. The molecular formula is C27H21N3O4S3. The molecule has 7 nitrogen and oxygen atoms in total. The number of carbonyl (C=O) groups is 1. The second kappa shape index (κ2) is 9.44. The van der Waals surface area contributed by atoms with Crippen molar-refractivity contribution in [2.24, 2.45) is 0 Å². The quantitative estimate of drug-likeness (QED) is 0.226. The van der Waals surface area contributed by atoms with Crippen LogP contribution in [0.25, 0.3) is 26.7 Å². The summed E-state index contributed by atoms with van der Waals surface area (Å²) in [4.78, 5) is 31.6. The molecule has 37 heavy (non-hydrogen) atoms. The highest BCUT2D eigenvalue weighted by Gasteiger charge is 2.27. The fourth-order valence-corrected chi connectivity index (χ4v) is 7.13. The van der Waals surface area contributed by atoms with Gasteiger partial charge in [-0.15, -0.1) is 11.3 Å². The maximum Gasteiger partial charge on any atom is 0.267 e. The maximum atomic E-state index is 13.7. The first kappa shape index (κ1) is 23.9. The number of fused-ring (bicyclic) bond motifs is 2. The molecule has 0 saturated heterocycles. The summed E-state index contributed by atoms with van der Waals surface area (Å²) >= 11 is 2.38. The van der Waals surface area contributed by atoms with Gasteiger partial charge < -0.3 is 0 Å². The fraction of sp³-hybridized carbons (Fsp3) is 0.148. The van der Waals surface area contributed by atoms with Crippen LogP contribution in [0, 0.1) is 0 Å². The van der Waals surface area contributed by atoms with E-state index in [-0.39, 0.29) is 16.2 Å². The molecule has 0 unspecified atom stereocenters. The van der Waals surface area contributed by atoms with Crippen LogP contribution < -0.4 is 10.3 Å². The van der Waals surface area contributed by atoms with Crippen LogP contribution in [0.15, 0.2) is 93.0 Å². The zero-order valence-corrected chi connectivity index (χ0v) is 21.9. The highest BCUT2D eigenvalue weighted by atomic mass is 32.2. The molecule has 3 aromatic carbocycles. The number of thioether (sulfide) groups is 1. The molecule has 0 spiro atoms. The Morgan fingerprint density at radius 1 is 0.973 bits per heavy atom. The highest BCUT2D eigenvalue weighted by molar-refractivity contribution is 8.00. The number of amides is 1. The molecule has 0 aliphatic heterocycles. The van der Waals surface area contributed by atoms with Gasteiger partial charge in [-0.05, 0) is 59.4 Å². The van der Waals surface area contributed by atoms with Gasteiger partial charge in [-0.2, -0.15) is 0 Å². The van der Waals surface area contributed by atoms with Gasteiger partial charge in [-0.25, -0.2) is 18.1 Å². The summed E-state index contributed by atoms with van der Waals surface area (Å²) in [6, 6.07) is 21.5. The van der Waals surface area contributed by atoms with E-state index < -0.39 is 15.9 Å². The van der Waals surface area contributed by atoms with Crippen molar-refractivity contribution < 1.29 is 13.2 Å². The summed E-state index contributed by atoms with van der Waals surface area (Å²) in [5, 5.41) is 4.67. The Morgan fingerprint density at radius 3 is 2.46 bits per heavy atom. The Bertz CT molecular complexity index is 1820. The standard InChI is InChI=1S/C27H21N3O4S3/c31-24(29-37(33,34)18-6-2-1-3-7-18)16-36-27-28-25-22(14-15-35-25)26(32)30(27)23-13-12-19(17-10-11-17)20-8-4-5-9-21(20)23/h1-9,12-15,17H,10-11,16H2,(H,29,31). The zero-order valence-electron chi connectivity index (χ0n) is 19.5. The lowest BCUT2D eigenvalue weighted by Crippen LogP contribution is -2.32. The number of thiophene rings is 1. The van der Waals surface area contributed by atoms with Crippen LogP contribution in [-0.2, 0) is 14.8 Å². The molecule has 1 saturated carbocycles. The van der Waals surface area contributed by atoms with E-state index in [0.717, 1.165) is 35.4 Å². The number of aromatic nitrogens is 2. The number of hydrogen-bond acceptors (Lipinski definition) is 7. The van der Waals surface area contributed by atoms with E-state index in [1.807, 2.05) is 29.6 Å². The van der Waals surface area contributed by atoms with Gasteiger partial charge in [0.05, 0.1) is 21.7 Å². The Balaban J connectivity index is 1.39. The topological polar surface area (TPSA) is 98.1 Å².